The van der Waals surface area contributed by atoms with Gasteiger partial charge in [-0.05, 0) is 52.5 Å². The molecule has 0 aliphatic heterocycles. The number of hydrogen-bond acceptors (Lipinski definition) is 3. The van der Waals surface area contributed by atoms with Crippen LogP contribution < -0.4 is 14.8 Å². The van der Waals surface area contributed by atoms with Crippen LogP contribution in [-0.4, -0.2) is 20.3 Å². The molecule has 0 amide bonds. The molecule has 0 bridgehead atoms. The highest BCUT2D eigenvalue weighted by Gasteiger charge is 2.12. The Kier molecular flexibility index (Phi) is 6.28. The summed E-state index contributed by atoms with van der Waals surface area (Å²) in [4.78, 5) is 0. The predicted octanol–water partition coefficient (Wildman–Crippen LogP) is 4.19. The third-order valence-electron chi connectivity index (χ3n) is 3.58. The van der Waals surface area contributed by atoms with Gasteiger partial charge in [0.2, 0.25) is 0 Å². The fraction of sp³-hybridized carbons (Fsp3) is 0.333. The van der Waals surface area contributed by atoms with Crippen molar-refractivity contribution in [3.05, 3.63) is 58.1 Å². The van der Waals surface area contributed by atoms with E-state index in [4.69, 9.17) is 9.47 Å². The van der Waals surface area contributed by atoms with Gasteiger partial charge in [0.05, 0.1) is 18.7 Å². The van der Waals surface area contributed by atoms with Crippen molar-refractivity contribution in [1.82, 2.24) is 5.32 Å². The summed E-state index contributed by atoms with van der Waals surface area (Å²) in [6, 6.07) is 14.7. The number of methoxy groups -OCH3 is 2. The summed E-state index contributed by atoms with van der Waals surface area (Å²) in [7, 11) is 3.37. The van der Waals surface area contributed by atoms with Crippen molar-refractivity contribution < 1.29 is 9.47 Å². The molecule has 2 aromatic rings. The first kappa shape index (κ1) is 16.8. The van der Waals surface area contributed by atoms with E-state index in [-0.39, 0.29) is 0 Å². The van der Waals surface area contributed by atoms with Crippen molar-refractivity contribution in [2.75, 3.05) is 14.2 Å². The first-order valence-corrected chi connectivity index (χ1v) is 8.11. The van der Waals surface area contributed by atoms with Crippen LogP contribution in [-0.2, 0) is 13.0 Å². The maximum Gasteiger partial charge on any atom is 0.133 e. The highest BCUT2D eigenvalue weighted by atomic mass is 79.9. The van der Waals surface area contributed by atoms with Crippen LogP contribution in [0.1, 0.15) is 18.1 Å². The smallest absolute Gasteiger partial charge is 0.133 e. The van der Waals surface area contributed by atoms with Gasteiger partial charge in [-0.25, -0.2) is 0 Å². The fourth-order valence-corrected chi connectivity index (χ4v) is 2.86. The molecule has 1 unspecified atom stereocenters. The Morgan fingerprint density at radius 2 is 1.73 bits per heavy atom. The van der Waals surface area contributed by atoms with Gasteiger partial charge in [-0.2, -0.15) is 0 Å². The summed E-state index contributed by atoms with van der Waals surface area (Å²) in [5, 5.41) is 3.54. The lowest BCUT2D eigenvalue weighted by atomic mass is 10.1. The molecule has 1 N–H and O–H groups in total. The average Bonchev–Trinajstić information content (AvgIpc) is 2.55. The predicted molar refractivity (Wildman–Crippen MR) is 93.7 cm³/mol. The molecule has 0 saturated heterocycles. The van der Waals surface area contributed by atoms with Crippen LogP contribution >= 0.6 is 15.9 Å². The molecule has 0 aliphatic rings. The second kappa shape index (κ2) is 8.20. The lowest BCUT2D eigenvalue weighted by Crippen LogP contribution is -2.27. The van der Waals surface area contributed by atoms with Gasteiger partial charge in [0.25, 0.3) is 0 Å². The molecule has 0 spiro atoms. The van der Waals surface area contributed by atoms with E-state index in [9.17, 15) is 0 Å². The minimum absolute atomic E-state index is 0.333. The molecule has 22 heavy (non-hydrogen) atoms. The maximum atomic E-state index is 5.48. The Labute approximate surface area is 140 Å². The van der Waals surface area contributed by atoms with Crippen LogP contribution in [0.4, 0.5) is 0 Å². The molecule has 0 aromatic heterocycles. The Hall–Kier alpha value is -1.52. The normalized spacial score (nSPS) is 12.0. The van der Waals surface area contributed by atoms with Gasteiger partial charge in [0.15, 0.2) is 0 Å². The van der Waals surface area contributed by atoms with Crippen molar-refractivity contribution in [3.8, 4) is 11.5 Å². The topological polar surface area (TPSA) is 30.5 Å². The van der Waals surface area contributed by atoms with E-state index in [0.717, 1.165) is 34.5 Å². The van der Waals surface area contributed by atoms with E-state index in [2.05, 4.69) is 52.4 Å². The van der Waals surface area contributed by atoms with E-state index in [1.54, 1.807) is 14.2 Å². The van der Waals surface area contributed by atoms with Crippen molar-refractivity contribution in [3.63, 3.8) is 0 Å². The molecule has 0 saturated carbocycles. The second-order valence-corrected chi connectivity index (χ2v) is 6.12. The minimum Gasteiger partial charge on any atom is -0.496 e. The quantitative estimate of drug-likeness (QED) is 0.799. The number of ether oxygens (including phenoxy) is 2. The molecule has 0 heterocycles. The second-order valence-electron chi connectivity index (χ2n) is 5.27. The van der Waals surface area contributed by atoms with Gasteiger partial charge >= 0.3 is 0 Å². The molecule has 4 heteroatoms. The third-order valence-corrected chi connectivity index (χ3v) is 4.20. The molecule has 2 aromatic carbocycles. The Morgan fingerprint density at radius 1 is 1.05 bits per heavy atom. The Morgan fingerprint density at radius 3 is 2.36 bits per heavy atom. The van der Waals surface area contributed by atoms with Crippen molar-refractivity contribution in [1.29, 1.82) is 0 Å². The number of halogens is 1. The van der Waals surface area contributed by atoms with Crippen molar-refractivity contribution >= 4 is 15.9 Å². The summed E-state index contributed by atoms with van der Waals surface area (Å²) in [5.41, 5.74) is 2.42. The van der Waals surface area contributed by atoms with Crippen molar-refractivity contribution in [2.24, 2.45) is 0 Å². The van der Waals surface area contributed by atoms with Crippen LogP contribution in [0.25, 0.3) is 0 Å². The molecule has 1 atom stereocenters. The first-order chi connectivity index (χ1) is 10.6. The van der Waals surface area contributed by atoms with Crippen LogP contribution in [0.15, 0.2) is 46.9 Å². The van der Waals surface area contributed by atoms with Gasteiger partial charge in [-0.15, -0.1) is 0 Å². The summed E-state index contributed by atoms with van der Waals surface area (Å²) >= 11 is 3.49. The van der Waals surface area contributed by atoms with E-state index in [1.165, 1.54) is 5.56 Å². The van der Waals surface area contributed by atoms with Crippen LogP contribution in [0.5, 0.6) is 11.5 Å². The molecule has 2 rings (SSSR count). The molecule has 0 fully saturated rings. The van der Waals surface area contributed by atoms with E-state index >= 15 is 0 Å². The van der Waals surface area contributed by atoms with Gasteiger partial charge in [-0.3, -0.25) is 0 Å². The number of nitrogens with one attached hydrogen (secondary N) is 1. The van der Waals surface area contributed by atoms with Gasteiger partial charge in [0, 0.05) is 12.6 Å². The molecule has 118 valence electrons. The summed E-state index contributed by atoms with van der Waals surface area (Å²) in [6.45, 7) is 3.04. The van der Waals surface area contributed by atoms with Gasteiger partial charge in [-0.1, -0.05) is 30.3 Å². The van der Waals surface area contributed by atoms with E-state index in [0.29, 0.717) is 6.04 Å². The standard InChI is InChI=1S/C18H22BrNO2/c1-13(20-12-14-7-5-4-6-8-14)9-15-10-18(22-3)16(19)11-17(15)21-2/h4-8,10-11,13,20H,9,12H2,1-3H3. The number of hydrogen-bond donors (Lipinski definition) is 1. The summed E-state index contributed by atoms with van der Waals surface area (Å²) < 4.78 is 11.8. The lowest BCUT2D eigenvalue weighted by molar-refractivity contribution is 0.393. The molecule has 0 aliphatic carbocycles. The third kappa shape index (κ3) is 4.49. The van der Waals surface area contributed by atoms with Crippen LogP contribution in [0.2, 0.25) is 0 Å². The largest absolute Gasteiger partial charge is 0.496 e. The fourth-order valence-electron chi connectivity index (χ4n) is 2.37. The SMILES string of the molecule is COc1cc(CC(C)NCc2ccccc2)c(OC)cc1Br. The molecular formula is C18H22BrNO2. The molecule has 0 radical (unpaired) electrons. The maximum absolute atomic E-state index is 5.48. The van der Waals surface area contributed by atoms with E-state index in [1.807, 2.05) is 18.2 Å². The summed E-state index contributed by atoms with van der Waals surface area (Å²) in [5.74, 6) is 1.70. The van der Waals surface area contributed by atoms with Gasteiger partial charge < -0.3 is 14.8 Å². The lowest BCUT2D eigenvalue weighted by Gasteiger charge is -2.17. The Balaban J connectivity index is 2.02. The zero-order valence-electron chi connectivity index (χ0n) is 13.2. The number of benzene rings is 2. The zero-order valence-corrected chi connectivity index (χ0v) is 14.8. The van der Waals surface area contributed by atoms with Crippen molar-refractivity contribution in [2.45, 2.75) is 25.9 Å². The van der Waals surface area contributed by atoms with Crippen LogP contribution in [0, 0.1) is 0 Å². The average molecular weight is 364 g/mol. The molecule has 3 nitrogen and oxygen atoms in total. The highest BCUT2D eigenvalue weighted by Crippen LogP contribution is 2.33. The summed E-state index contributed by atoms with van der Waals surface area (Å²) in [6.07, 6.45) is 0.875. The van der Waals surface area contributed by atoms with Crippen LogP contribution in [0.3, 0.4) is 0 Å². The minimum atomic E-state index is 0.333. The monoisotopic (exact) mass is 363 g/mol. The highest BCUT2D eigenvalue weighted by molar-refractivity contribution is 9.10. The number of rotatable bonds is 7. The first-order valence-electron chi connectivity index (χ1n) is 7.31. The molecular weight excluding hydrogens is 342 g/mol. The van der Waals surface area contributed by atoms with E-state index < -0.39 is 0 Å². The Bertz CT molecular complexity index is 602. The van der Waals surface area contributed by atoms with Gasteiger partial charge in [0.1, 0.15) is 11.5 Å². The zero-order chi connectivity index (χ0) is 15.9.